The number of hydrogen-bond acceptors (Lipinski definition) is 1. The van der Waals surface area contributed by atoms with Gasteiger partial charge in [-0.1, -0.05) is 20.8 Å². The smallest absolute Gasteiger partial charge is 0.222 e. The first-order chi connectivity index (χ1) is 5.65. The molecule has 0 aromatic rings. The maximum Gasteiger partial charge on any atom is 0.222 e. The van der Waals surface area contributed by atoms with Crippen molar-refractivity contribution < 1.29 is 4.79 Å². The summed E-state index contributed by atoms with van der Waals surface area (Å²) in [5.74, 6) is 1.10. The maximum absolute atomic E-state index is 11.3. The third kappa shape index (κ3) is 2.50. The summed E-state index contributed by atoms with van der Waals surface area (Å²) < 4.78 is 0. The highest BCUT2D eigenvalue weighted by atomic mass is 16.1. The normalized spacial score (nSPS) is 19.3. The van der Waals surface area contributed by atoms with E-state index >= 15 is 0 Å². The van der Waals surface area contributed by atoms with E-state index in [0.29, 0.717) is 6.04 Å². The highest BCUT2D eigenvalue weighted by Crippen LogP contribution is 2.33. The van der Waals surface area contributed by atoms with E-state index in [1.165, 1.54) is 12.8 Å². The Hall–Kier alpha value is -0.530. The molecule has 0 heterocycles. The van der Waals surface area contributed by atoms with Crippen molar-refractivity contribution in [3.8, 4) is 0 Å². The molecule has 0 bridgehead atoms. The molecule has 0 aliphatic heterocycles. The fraction of sp³-hybridized carbons (Fsp3) is 0.900. The number of hydrogen-bond donors (Lipinski definition) is 1. The quantitative estimate of drug-likeness (QED) is 0.684. The lowest BCUT2D eigenvalue weighted by molar-refractivity contribution is -0.124. The highest BCUT2D eigenvalue weighted by Gasteiger charge is 2.31. The van der Waals surface area contributed by atoms with Gasteiger partial charge in [0.25, 0.3) is 0 Å². The predicted octanol–water partition coefficient (Wildman–Crippen LogP) is 1.95. The van der Waals surface area contributed by atoms with Gasteiger partial charge in [-0.25, -0.2) is 0 Å². The molecule has 1 unspecified atom stereocenters. The van der Waals surface area contributed by atoms with Crippen LogP contribution in [0.5, 0.6) is 0 Å². The summed E-state index contributed by atoms with van der Waals surface area (Å²) in [5, 5.41) is 3.09. The monoisotopic (exact) mass is 169 g/mol. The predicted molar refractivity (Wildman–Crippen MR) is 49.8 cm³/mol. The SMILES string of the molecule is CCC(NC(=O)C(C)C)C1CC1. The van der Waals surface area contributed by atoms with Gasteiger partial charge in [0.2, 0.25) is 5.91 Å². The van der Waals surface area contributed by atoms with Gasteiger partial charge in [-0.05, 0) is 25.2 Å². The van der Waals surface area contributed by atoms with Crippen LogP contribution in [-0.2, 0) is 4.79 Å². The van der Waals surface area contributed by atoms with Crippen LogP contribution in [0.3, 0.4) is 0 Å². The van der Waals surface area contributed by atoms with Gasteiger partial charge in [-0.3, -0.25) is 4.79 Å². The zero-order valence-electron chi connectivity index (χ0n) is 8.26. The van der Waals surface area contributed by atoms with Gasteiger partial charge >= 0.3 is 0 Å². The summed E-state index contributed by atoms with van der Waals surface area (Å²) in [5.41, 5.74) is 0. The van der Waals surface area contributed by atoms with Crippen molar-refractivity contribution in [1.29, 1.82) is 0 Å². The second-order valence-electron chi connectivity index (χ2n) is 4.02. The molecule has 12 heavy (non-hydrogen) atoms. The average molecular weight is 169 g/mol. The van der Waals surface area contributed by atoms with E-state index in [4.69, 9.17) is 0 Å². The molecule has 70 valence electrons. The Morgan fingerprint density at radius 1 is 1.50 bits per heavy atom. The summed E-state index contributed by atoms with van der Waals surface area (Å²) in [7, 11) is 0. The molecule has 0 spiro atoms. The van der Waals surface area contributed by atoms with Crippen LogP contribution in [0.25, 0.3) is 0 Å². The van der Waals surface area contributed by atoms with Crippen molar-refractivity contribution in [2.45, 2.75) is 46.1 Å². The van der Waals surface area contributed by atoms with Gasteiger partial charge in [0, 0.05) is 12.0 Å². The zero-order valence-corrected chi connectivity index (χ0v) is 8.26. The van der Waals surface area contributed by atoms with Crippen LogP contribution in [-0.4, -0.2) is 11.9 Å². The van der Waals surface area contributed by atoms with Crippen LogP contribution in [0.2, 0.25) is 0 Å². The van der Waals surface area contributed by atoms with E-state index in [1.807, 2.05) is 13.8 Å². The van der Waals surface area contributed by atoms with Crippen molar-refractivity contribution in [2.75, 3.05) is 0 Å². The summed E-state index contributed by atoms with van der Waals surface area (Å²) in [6, 6.07) is 0.444. The van der Waals surface area contributed by atoms with Crippen LogP contribution in [0.4, 0.5) is 0 Å². The largest absolute Gasteiger partial charge is 0.353 e. The zero-order chi connectivity index (χ0) is 9.14. The van der Waals surface area contributed by atoms with Crippen LogP contribution in [0.1, 0.15) is 40.0 Å². The highest BCUT2D eigenvalue weighted by molar-refractivity contribution is 5.78. The molecule has 1 atom stereocenters. The second kappa shape index (κ2) is 3.92. The standard InChI is InChI=1S/C10H19NO/c1-4-9(8-5-6-8)11-10(12)7(2)3/h7-9H,4-6H2,1-3H3,(H,11,12). The van der Waals surface area contributed by atoms with Crippen LogP contribution < -0.4 is 5.32 Å². The Morgan fingerprint density at radius 3 is 2.42 bits per heavy atom. The van der Waals surface area contributed by atoms with Crippen LogP contribution >= 0.6 is 0 Å². The molecule has 1 N–H and O–H groups in total. The first-order valence-electron chi connectivity index (χ1n) is 4.95. The van der Waals surface area contributed by atoms with Gasteiger partial charge in [0.05, 0.1) is 0 Å². The van der Waals surface area contributed by atoms with E-state index in [0.717, 1.165) is 12.3 Å². The van der Waals surface area contributed by atoms with Crippen molar-refractivity contribution in [2.24, 2.45) is 11.8 Å². The van der Waals surface area contributed by atoms with E-state index < -0.39 is 0 Å². The molecular formula is C10H19NO. The summed E-state index contributed by atoms with van der Waals surface area (Å²) >= 11 is 0. The van der Waals surface area contributed by atoms with Crippen LogP contribution in [0.15, 0.2) is 0 Å². The minimum Gasteiger partial charge on any atom is -0.353 e. The van der Waals surface area contributed by atoms with Crippen molar-refractivity contribution >= 4 is 5.91 Å². The number of carbonyl (C=O) groups is 1. The Morgan fingerprint density at radius 2 is 2.08 bits per heavy atom. The maximum atomic E-state index is 11.3. The Kier molecular flexibility index (Phi) is 3.12. The van der Waals surface area contributed by atoms with Gasteiger partial charge in [-0.15, -0.1) is 0 Å². The number of rotatable bonds is 4. The minimum atomic E-state index is 0.123. The number of nitrogens with one attached hydrogen (secondary N) is 1. The molecule has 1 amide bonds. The van der Waals surface area contributed by atoms with Gasteiger partial charge < -0.3 is 5.32 Å². The van der Waals surface area contributed by atoms with Gasteiger partial charge in [-0.2, -0.15) is 0 Å². The number of amides is 1. The van der Waals surface area contributed by atoms with Gasteiger partial charge in [0.1, 0.15) is 0 Å². The molecule has 0 aromatic carbocycles. The topological polar surface area (TPSA) is 29.1 Å². The molecular weight excluding hydrogens is 150 g/mol. The summed E-state index contributed by atoms with van der Waals surface area (Å²) in [4.78, 5) is 11.3. The molecule has 0 radical (unpaired) electrons. The van der Waals surface area contributed by atoms with Crippen molar-refractivity contribution in [1.82, 2.24) is 5.32 Å². The van der Waals surface area contributed by atoms with E-state index in [-0.39, 0.29) is 11.8 Å². The van der Waals surface area contributed by atoms with E-state index in [9.17, 15) is 4.79 Å². The summed E-state index contributed by atoms with van der Waals surface area (Å²) in [6.45, 7) is 6.02. The molecule has 1 aliphatic rings. The third-order valence-electron chi connectivity index (χ3n) is 2.48. The lowest BCUT2D eigenvalue weighted by Gasteiger charge is -2.17. The van der Waals surface area contributed by atoms with E-state index in [2.05, 4.69) is 12.2 Å². The first kappa shape index (κ1) is 9.56. The Balaban J connectivity index is 2.31. The molecule has 0 saturated heterocycles. The lowest BCUT2D eigenvalue weighted by Crippen LogP contribution is -2.38. The second-order valence-corrected chi connectivity index (χ2v) is 4.02. The molecule has 1 rings (SSSR count). The van der Waals surface area contributed by atoms with Crippen molar-refractivity contribution in [3.63, 3.8) is 0 Å². The fourth-order valence-electron chi connectivity index (χ4n) is 1.40. The lowest BCUT2D eigenvalue weighted by atomic mass is 10.1. The van der Waals surface area contributed by atoms with Gasteiger partial charge in [0.15, 0.2) is 0 Å². The third-order valence-corrected chi connectivity index (χ3v) is 2.48. The molecule has 2 nitrogen and oxygen atoms in total. The fourth-order valence-corrected chi connectivity index (χ4v) is 1.40. The summed E-state index contributed by atoms with van der Waals surface area (Å²) in [6.07, 6.45) is 3.68. The molecule has 2 heteroatoms. The van der Waals surface area contributed by atoms with Crippen LogP contribution in [0, 0.1) is 11.8 Å². The molecule has 0 aromatic heterocycles. The average Bonchev–Trinajstić information content (AvgIpc) is 2.82. The number of carbonyl (C=O) groups excluding carboxylic acids is 1. The first-order valence-corrected chi connectivity index (χ1v) is 4.95. The Labute approximate surface area is 74.7 Å². The molecule has 1 fully saturated rings. The molecule has 1 saturated carbocycles. The minimum absolute atomic E-state index is 0.123. The van der Waals surface area contributed by atoms with E-state index in [1.54, 1.807) is 0 Å². The Bertz CT molecular complexity index is 161. The van der Waals surface area contributed by atoms with Crippen molar-refractivity contribution in [3.05, 3.63) is 0 Å². The molecule has 1 aliphatic carbocycles.